The van der Waals surface area contributed by atoms with Gasteiger partial charge in [0.15, 0.2) is 0 Å². The molecule has 0 aliphatic heterocycles. The second-order valence-electron chi connectivity index (χ2n) is 10.4. The fraction of sp³-hybridized carbons (Fsp3) is 0.323. The molecule has 0 bridgehead atoms. The highest BCUT2D eigenvalue weighted by atomic mass is 32.2. The Balaban J connectivity index is 1.21. The molecule has 0 aromatic heterocycles. The minimum atomic E-state index is -1.16. The van der Waals surface area contributed by atoms with Gasteiger partial charge in [-0.1, -0.05) is 81.4 Å². The predicted molar refractivity (Wildman–Crippen MR) is 152 cm³/mol. The van der Waals surface area contributed by atoms with Crippen molar-refractivity contribution < 1.29 is 29.0 Å². The zero-order valence-electron chi connectivity index (χ0n) is 22.3. The van der Waals surface area contributed by atoms with E-state index in [0.717, 1.165) is 27.8 Å². The lowest BCUT2D eigenvalue weighted by Crippen LogP contribution is -2.43. The molecule has 1 aliphatic carbocycles. The first kappa shape index (κ1) is 28.2. The lowest BCUT2D eigenvalue weighted by molar-refractivity contribution is -0.138. The standard InChI is InChI=1S/C31H33NO6S/c1-31(2,3)21-14-12-20(13-15-21)29(35)37-16-17-39-19-27(28(33)34)32-30(36)38-18-26-24-10-6-4-8-22(24)23-9-5-7-11-25(23)26/h4-15,26-27H,16-19H2,1-3H3,(H,32,36)(H,33,34). The Morgan fingerprint density at radius 2 is 1.49 bits per heavy atom. The third-order valence-electron chi connectivity index (χ3n) is 6.67. The number of fused-ring (bicyclic) bond motifs is 3. The Morgan fingerprint density at radius 3 is 2.05 bits per heavy atom. The molecule has 4 rings (SSSR count). The number of carboxylic acid groups (broad SMARTS) is 1. The minimum absolute atomic E-state index is 0.00638. The molecule has 0 heterocycles. The molecule has 204 valence electrons. The summed E-state index contributed by atoms with van der Waals surface area (Å²) < 4.78 is 10.8. The average molecular weight is 548 g/mol. The van der Waals surface area contributed by atoms with Gasteiger partial charge in [-0.25, -0.2) is 14.4 Å². The fourth-order valence-electron chi connectivity index (χ4n) is 4.54. The van der Waals surface area contributed by atoms with Gasteiger partial charge < -0.3 is 19.9 Å². The van der Waals surface area contributed by atoms with Crippen LogP contribution in [-0.2, 0) is 19.7 Å². The van der Waals surface area contributed by atoms with E-state index in [2.05, 4.69) is 26.1 Å². The van der Waals surface area contributed by atoms with Crippen molar-refractivity contribution >= 4 is 29.8 Å². The van der Waals surface area contributed by atoms with Crippen LogP contribution in [0.5, 0.6) is 0 Å². The van der Waals surface area contributed by atoms with Crippen molar-refractivity contribution in [1.82, 2.24) is 5.32 Å². The number of alkyl carbamates (subject to hydrolysis) is 1. The molecule has 3 aromatic carbocycles. The Labute approximate surface area is 232 Å². The third-order valence-corrected chi connectivity index (χ3v) is 7.69. The predicted octanol–water partition coefficient (Wildman–Crippen LogP) is 5.87. The molecule has 39 heavy (non-hydrogen) atoms. The number of rotatable bonds is 10. The van der Waals surface area contributed by atoms with Crippen LogP contribution in [0.1, 0.15) is 53.7 Å². The molecule has 1 amide bonds. The molecule has 1 aliphatic rings. The van der Waals surface area contributed by atoms with Gasteiger partial charge in [-0.05, 0) is 45.4 Å². The maximum atomic E-state index is 12.5. The van der Waals surface area contributed by atoms with Gasteiger partial charge >= 0.3 is 18.0 Å². The molecular weight excluding hydrogens is 514 g/mol. The summed E-state index contributed by atoms with van der Waals surface area (Å²) in [5.74, 6) is -1.20. The van der Waals surface area contributed by atoms with Crippen LogP contribution in [0.2, 0.25) is 0 Å². The topological polar surface area (TPSA) is 102 Å². The molecule has 0 spiro atoms. The normalized spacial score (nSPS) is 13.2. The maximum absolute atomic E-state index is 12.5. The molecule has 0 fully saturated rings. The van der Waals surface area contributed by atoms with Crippen molar-refractivity contribution in [3.63, 3.8) is 0 Å². The highest BCUT2D eigenvalue weighted by Gasteiger charge is 2.29. The molecular formula is C31H33NO6S. The van der Waals surface area contributed by atoms with Gasteiger partial charge in [-0.15, -0.1) is 0 Å². The number of ether oxygens (including phenoxy) is 2. The summed E-state index contributed by atoms with van der Waals surface area (Å²) in [6, 6.07) is 22.2. The summed E-state index contributed by atoms with van der Waals surface area (Å²) in [7, 11) is 0. The van der Waals surface area contributed by atoms with Gasteiger partial charge in [0.2, 0.25) is 0 Å². The first-order chi connectivity index (χ1) is 18.6. The molecule has 7 nitrogen and oxygen atoms in total. The van der Waals surface area contributed by atoms with Crippen LogP contribution in [0.25, 0.3) is 11.1 Å². The Morgan fingerprint density at radius 1 is 0.897 bits per heavy atom. The molecule has 0 radical (unpaired) electrons. The summed E-state index contributed by atoms with van der Waals surface area (Å²) >= 11 is 1.27. The summed E-state index contributed by atoms with van der Waals surface area (Å²) in [6.07, 6.45) is -0.782. The highest BCUT2D eigenvalue weighted by molar-refractivity contribution is 7.99. The van der Waals surface area contributed by atoms with Crippen LogP contribution in [0.3, 0.4) is 0 Å². The van der Waals surface area contributed by atoms with Gasteiger partial charge in [-0.3, -0.25) is 0 Å². The van der Waals surface area contributed by atoms with Crippen molar-refractivity contribution in [2.75, 3.05) is 24.7 Å². The number of hydrogen-bond donors (Lipinski definition) is 2. The number of carbonyl (C=O) groups excluding carboxylic acids is 2. The van der Waals surface area contributed by atoms with E-state index in [1.54, 1.807) is 12.1 Å². The van der Waals surface area contributed by atoms with E-state index in [-0.39, 0.29) is 30.3 Å². The molecule has 1 atom stereocenters. The van der Waals surface area contributed by atoms with E-state index in [1.807, 2.05) is 60.7 Å². The average Bonchev–Trinajstić information content (AvgIpc) is 3.24. The van der Waals surface area contributed by atoms with Crippen LogP contribution in [0, 0.1) is 0 Å². The number of carbonyl (C=O) groups is 3. The van der Waals surface area contributed by atoms with Crippen LogP contribution in [0.15, 0.2) is 72.8 Å². The summed E-state index contributed by atoms with van der Waals surface area (Å²) in [5, 5.41) is 12.0. The highest BCUT2D eigenvalue weighted by Crippen LogP contribution is 2.44. The lowest BCUT2D eigenvalue weighted by Gasteiger charge is -2.19. The number of hydrogen-bond acceptors (Lipinski definition) is 6. The SMILES string of the molecule is CC(C)(C)c1ccc(C(=O)OCCSCC(NC(=O)OCC2c3ccccc3-c3ccccc32)C(=O)O)cc1. The van der Waals surface area contributed by atoms with Crippen LogP contribution in [-0.4, -0.2) is 53.9 Å². The Bertz CT molecular complexity index is 1290. The summed E-state index contributed by atoms with van der Waals surface area (Å²) in [5.41, 5.74) is 5.97. The number of esters is 1. The first-order valence-corrected chi connectivity index (χ1v) is 14.0. The van der Waals surface area contributed by atoms with Crippen molar-refractivity contribution in [2.45, 2.75) is 38.1 Å². The molecule has 0 saturated heterocycles. The van der Waals surface area contributed by atoms with E-state index in [0.29, 0.717) is 11.3 Å². The lowest BCUT2D eigenvalue weighted by atomic mass is 9.87. The Kier molecular flexibility index (Phi) is 8.97. The smallest absolute Gasteiger partial charge is 0.407 e. The van der Waals surface area contributed by atoms with Gasteiger partial charge in [-0.2, -0.15) is 11.8 Å². The van der Waals surface area contributed by atoms with E-state index in [4.69, 9.17) is 9.47 Å². The minimum Gasteiger partial charge on any atom is -0.480 e. The number of benzene rings is 3. The number of aliphatic carboxylic acids is 1. The maximum Gasteiger partial charge on any atom is 0.407 e. The van der Waals surface area contributed by atoms with Gasteiger partial charge in [0.1, 0.15) is 19.3 Å². The summed E-state index contributed by atoms with van der Waals surface area (Å²) in [6.45, 7) is 6.53. The molecule has 3 aromatic rings. The number of amides is 1. The Hall–Kier alpha value is -3.78. The van der Waals surface area contributed by atoms with Crippen molar-refractivity contribution in [3.05, 3.63) is 95.1 Å². The van der Waals surface area contributed by atoms with Crippen molar-refractivity contribution in [3.8, 4) is 11.1 Å². The molecule has 2 N–H and O–H groups in total. The van der Waals surface area contributed by atoms with Crippen LogP contribution in [0.4, 0.5) is 4.79 Å². The molecule has 1 unspecified atom stereocenters. The quantitative estimate of drug-likeness (QED) is 0.242. The summed E-state index contributed by atoms with van der Waals surface area (Å²) in [4.78, 5) is 36.5. The zero-order valence-corrected chi connectivity index (χ0v) is 23.1. The van der Waals surface area contributed by atoms with Crippen molar-refractivity contribution in [2.24, 2.45) is 0 Å². The van der Waals surface area contributed by atoms with E-state index in [1.165, 1.54) is 11.8 Å². The second kappa shape index (κ2) is 12.4. The van der Waals surface area contributed by atoms with E-state index >= 15 is 0 Å². The van der Waals surface area contributed by atoms with Crippen LogP contribution < -0.4 is 5.32 Å². The van der Waals surface area contributed by atoms with E-state index in [9.17, 15) is 19.5 Å². The third kappa shape index (κ3) is 7.00. The first-order valence-electron chi connectivity index (χ1n) is 12.8. The van der Waals surface area contributed by atoms with Crippen LogP contribution >= 0.6 is 11.8 Å². The van der Waals surface area contributed by atoms with Gasteiger partial charge in [0.25, 0.3) is 0 Å². The van der Waals surface area contributed by atoms with E-state index < -0.39 is 24.1 Å². The molecule has 8 heteroatoms. The monoisotopic (exact) mass is 547 g/mol. The number of thioether (sulfide) groups is 1. The van der Waals surface area contributed by atoms with Crippen molar-refractivity contribution in [1.29, 1.82) is 0 Å². The fourth-order valence-corrected chi connectivity index (χ4v) is 5.37. The molecule has 0 saturated carbocycles. The largest absolute Gasteiger partial charge is 0.480 e. The number of nitrogens with one attached hydrogen (secondary N) is 1. The number of carboxylic acids is 1. The zero-order chi connectivity index (χ0) is 28.0. The second-order valence-corrected chi connectivity index (χ2v) is 11.5. The van der Waals surface area contributed by atoms with Gasteiger partial charge in [0, 0.05) is 17.4 Å². The van der Waals surface area contributed by atoms with Gasteiger partial charge in [0.05, 0.1) is 5.56 Å².